The Morgan fingerprint density at radius 2 is 2.17 bits per heavy atom. The second-order valence-corrected chi connectivity index (χ2v) is 4.08. The monoisotopic (exact) mass is 248 g/mol. The maximum absolute atomic E-state index is 12.1. The Morgan fingerprint density at radius 3 is 2.56 bits per heavy atom. The molecule has 0 spiro atoms. The van der Waals surface area contributed by atoms with E-state index >= 15 is 0 Å². The molecular formula is C13H16N2O3. The molecule has 0 aliphatic carbocycles. The van der Waals surface area contributed by atoms with Crippen LogP contribution in [0.2, 0.25) is 0 Å². The predicted octanol–water partition coefficient (Wildman–Crippen LogP) is 1.82. The molecule has 1 rings (SSSR count). The highest BCUT2D eigenvalue weighted by atomic mass is 16.4. The number of hydrogen-bond donors (Lipinski definition) is 1. The van der Waals surface area contributed by atoms with Crippen molar-refractivity contribution in [2.45, 2.75) is 19.9 Å². The summed E-state index contributed by atoms with van der Waals surface area (Å²) in [6.07, 6.45) is 2.93. The van der Waals surface area contributed by atoms with Crippen molar-refractivity contribution in [3.8, 4) is 0 Å². The highest BCUT2D eigenvalue weighted by Crippen LogP contribution is 2.08. The van der Waals surface area contributed by atoms with E-state index in [1.165, 1.54) is 18.3 Å². The minimum atomic E-state index is -1.11. The van der Waals surface area contributed by atoms with Gasteiger partial charge >= 0.3 is 5.97 Å². The van der Waals surface area contributed by atoms with Gasteiger partial charge in [-0.15, -0.1) is 6.58 Å². The van der Waals surface area contributed by atoms with Gasteiger partial charge in [0.1, 0.15) is 5.69 Å². The number of carboxylic acid groups (broad SMARTS) is 1. The quantitative estimate of drug-likeness (QED) is 0.807. The van der Waals surface area contributed by atoms with Crippen molar-refractivity contribution in [1.82, 2.24) is 9.88 Å². The molecule has 0 bridgehead atoms. The molecule has 1 aromatic heterocycles. The molecule has 1 amide bonds. The third-order valence-corrected chi connectivity index (χ3v) is 2.44. The lowest BCUT2D eigenvalue weighted by Crippen LogP contribution is -2.37. The fourth-order valence-corrected chi connectivity index (χ4v) is 1.48. The van der Waals surface area contributed by atoms with E-state index in [2.05, 4.69) is 11.6 Å². The molecule has 0 aliphatic rings. The van der Waals surface area contributed by atoms with Crippen molar-refractivity contribution in [3.63, 3.8) is 0 Å². The number of nitrogens with zero attached hydrogens (tertiary/aromatic N) is 2. The molecule has 0 atom stereocenters. The number of hydrogen-bond acceptors (Lipinski definition) is 3. The summed E-state index contributed by atoms with van der Waals surface area (Å²) in [5.41, 5.74) is 0.293. The first-order chi connectivity index (χ1) is 8.47. The Balaban J connectivity index is 2.94. The molecule has 0 aliphatic heterocycles. The third kappa shape index (κ3) is 3.16. The summed E-state index contributed by atoms with van der Waals surface area (Å²) in [6.45, 7) is 7.86. The van der Waals surface area contributed by atoms with Gasteiger partial charge in [0.15, 0.2) is 0 Å². The molecule has 1 aromatic rings. The van der Waals surface area contributed by atoms with E-state index in [4.69, 9.17) is 5.11 Å². The summed E-state index contributed by atoms with van der Waals surface area (Å²) in [4.78, 5) is 28.2. The van der Waals surface area contributed by atoms with Gasteiger partial charge in [0.05, 0.1) is 5.56 Å². The van der Waals surface area contributed by atoms with Crippen LogP contribution in [-0.4, -0.2) is 39.5 Å². The minimum Gasteiger partial charge on any atom is -0.477 e. The first kappa shape index (κ1) is 13.9. The Kier molecular flexibility index (Phi) is 4.59. The van der Waals surface area contributed by atoms with Gasteiger partial charge in [-0.2, -0.15) is 0 Å². The van der Waals surface area contributed by atoms with Gasteiger partial charge in [0.2, 0.25) is 0 Å². The molecule has 1 N–H and O–H groups in total. The van der Waals surface area contributed by atoms with Crippen LogP contribution < -0.4 is 0 Å². The standard InChI is InChI=1S/C13H16N2O3/c1-4-7-15(9(2)3)12(16)10-5-6-11(13(17)18)14-8-10/h4-6,8-9H,1,7H2,2-3H3,(H,17,18). The number of carbonyl (C=O) groups is 2. The van der Waals surface area contributed by atoms with E-state index in [0.717, 1.165) is 0 Å². The van der Waals surface area contributed by atoms with Crippen molar-refractivity contribution < 1.29 is 14.7 Å². The molecule has 0 unspecified atom stereocenters. The fraction of sp³-hybridized carbons (Fsp3) is 0.308. The molecule has 96 valence electrons. The molecule has 0 saturated heterocycles. The topological polar surface area (TPSA) is 70.5 Å². The van der Waals surface area contributed by atoms with Gasteiger partial charge in [0, 0.05) is 18.8 Å². The third-order valence-electron chi connectivity index (χ3n) is 2.44. The van der Waals surface area contributed by atoms with Crippen LogP contribution in [0.5, 0.6) is 0 Å². The number of carboxylic acids is 1. The zero-order chi connectivity index (χ0) is 13.7. The van der Waals surface area contributed by atoms with E-state index in [0.29, 0.717) is 12.1 Å². The lowest BCUT2D eigenvalue weighted by molar-refractivity contribution is 0.0685. The van der Waals surface area contributed by atoms with E-state index < -0.39 is 5.97 Å². The van der Waals surface area contributed by atoms with Gasteiger partial charge in [0.25, 0.3) is 5.91 Å². The zero-order valence-corrected chi connectivity index (χ0v) is 10.5. The van der Waals surface area contributed by atoms with Gasteiger partial charge in [-0.05, 0) is 26.0 Å². The summed E-state index contributed by atoms with van der Waals surface area (Å²) in [5, 5.41) is 8.72. The second-order valence-electron chi connectivity index (χ2n) is 4.08. The largest absolute Gasteiger partial charge is 0.477 e. The first-order valence-electron chi connectivity index (χ1n) is 5.58. The van der Waals surface area contributed by atoms with Crippen molar-refractivity contribution in [2.75, 3.05) is 6.54 Å². The summed E-state index contributed by atoms with van der Waals surface area (Å²) < 4.78 is 0. The predicted molar refractivity (Wildman–Crippen MR) is 67.6 cm³/mol. The number of carbonyl (C=O) groups excluding carboxylic acids is 1. The lowest BCUT2D eigenvalue weighted by atomic mass is 10.2. The SMILES string of the molecule is C=CCN(C(=O)c1ccc(C(=O)O)nc1)C(C)C. The second kappa shape index (κ2) is 5.95. The molecular weight excluding hydrogens is 232 g/mol. The summed E-state index contributed by atoms with van der Waals surface area (Å²) >= 11 is 0. The van der Waals surface area contributed by atoms with Crippen molar-refractivity contribution in [1.29, 1.82) is 0 Å². The highest BCUT2D eigenvalue weighted by molar-refractivity contribution is 5.95. The lowest BCUT2D eigenvalue weighted by Gasteiger charge is -2.25. The van der Waals surface area contributed by atoms with E-state index in [9.17, 15) is 9.59 Å². The normalized spacial score (nSPS) is 10.2. The molecule has 0 fully saturated rings. The molecule has 5 heteroatoms. The van der Waals surface area contributed by atoms with Gasteiger partial charge in [-0.1, -0.05) is 6.08 Å². The molecule has 0 aromatic carbocycles. The van der Waals surface area contributed by atoms with Crippen LogP contribution in [0.25, 0.3) is 0 Å². The number of rotatable bonds is 5. The van der Waals surface area contributed by atoms with Crippen LogP contribution in [0.15, 0.2) is 31.0 Å². The zero-order valence-electron chi connectivity index (χ0n) is 10.5. The van der Waals surface area contributed by atoms with E-state index in [1.807, 2.05) is 13.8 Å². The van der Waals surface area contributed by atoms with Crippen LogP contribution in [0.3, 0.4) is 0 Å². The van der Waals surface area contributed by atoms with Crippen molar-refractivity contribution >= 4 is 11.9 Å². The summed E-state index contributed by atoms with van der Waals surface area (Å²) in [7, 11) is 0. The first-order valence-corrected chi connectivity index (χ1v) is 5.58. The number of aromatic nitrogens is 1. The summed E-state index contributed by atoms with van der Waals surface area (Å²) in [5.74, 6) is -1.30. The Bertz CT molecular complexity index is 452. The van der Waals surface area contributed by atoms with Crippen molar-refractivity contribution in [2.24, 2.45) is 0 Å². The number of pyridine rings is 1. The number of aromatic carboxylic acids is 1. The van der Waals surface area contributed by atoms with E-state index in [1.54, 1.807) is 11.0 Å². The van der Waals surface area contributed by atoms with Crippen LogP contribution in [-0.2, 0) is 0 Å². The van der Waals surface area contributed by atoms with E-state index in [-0.39, 0.29) is 17.6 Å². The van der Waals surface area contributed by atoms with Crippen LogP contribution in [0.1, 0.15) is 34.7 Å². The average Bonchev–Trinajstić information content (AvgIpc) is 2.35. The molecule has 0 saturated carbocycles. The molecule has 5 nitrogen and oxygen atoms in total. The van der Waals surface area contributed by atoms with Crippen molar-refractivity contribution in [3.05, 3.63) is 42.2 Å². The van der Waals surface area contributed by atoms with Crippen LogP contribution in [0, 0.1) is 0 Å². The fourth-order valence-electron chi connectivity index (χ4n) is 1.48. The molecule has 0 radical (unpaired) electrons. The maximum atomic E-state index is 12.1. The van der Waals surface area contributed by atoms with Gasteiger partial charge in [-0.3, -0.25) is 4.79 Å². The smallest absolute Gasteiger partial charge is 0.354 e. The van der Waals surface area contributed by atoms with Crippen LogP contribution >= 0.6 is 0 Å². The molecule has 18 heavy (non-hydrogen) atoms. The average molecular weight is 248 g/mol. The van der Waals surface area contributed by atoms with Gasteiger partial charge in [-0.25, -0.2) is 9.78 Å². The summed E-state index contributed by atoms with van der Waals surface area (Å²) in [6, 6.07) is 2.83. The number of amides is 1. The minimum absolute atomic E-state index is 0.0367. The Labute approximate surface area is 106 Å². The maximum Gasteiger partial charge on any atom is 0.354 e. The van der Waals surface area contributed by atoms with Gasteiger partial charge < -0.3 is 10.0 Å². The molecule has 1 heterocycles. The highest BCUT2D eigenvalue weighted by Gasteiger charge is 2.18. The Morgan fingerprint density at radius 1 is 1.50 bits per heavy atom. The van der Waals surface area contributed by atoms with Crippen LogP contribution in [0.4, 0.5) is 0 Å². The Hall–Kier alpha value is -2.17.